The molecule has 27 heavy (non-hydrogen) atoms. The van der Waals surface area contributed by atoms with Gasteiger partial charge in [0.05, 0.1) is 17.1 Å². The highest BCUT2D eigenvalue weighted by Gasteiger charge is 2.38. The van der Waals surface area contributed by atoms with Crippen molar-refractivity contribution in [3.63, 3.8) is 0 Å². The molecule has 1 unspecified atom stereocenters. The van der Waals surface area contributed by atoms with E-state index < -0.39 is 29.7 Å². The second-order valence-corrected chi connectivity index (χ2v) is 8.29. The molecular weight excluding hydrogens is 368 g/mol. The molecule has 2 aromatic rings. The number of rotatable bonds is 4. The highest BCUT2D eigenvalue weighted by molar-refractivity contribution is 6.36. The molecule has 1 heterocycles. The summed E-state index contributed by atoms with van der Waals surface area (Å²) in [5.74, 6) is -0.378. The Kier molecular flexibility index (Phi) is 6.22. The number of imide groups is 1. The van der Waals surface area contributed by atoms with E-state index in [-0.39, 0.29) is 5.92 Å². The first-order valence-corrected chi connectivity index (χ1v) is 9.30. The van der Waals surface area contributed by atoms with Crippen LogP contribution >= 0.6 is 11.6 Å². The third kappa shape index (κ3) is 4.62. The lowest BCUT2D eigenvalue weighted by Crippen LogP contribution is -2.51. The van der Waals surface area contributed by atoms with Crippen LogP contribution in [0.25, 0.3) is 11.0 Å². The number of fused-ring (bicyclic) bond motifs is 1. The Bertz CT molecular complexity index is 838. The first kappa shape index (κ1) is 21.3. The van der Waals surface area contributed by atoms with Gasteiger partial charge in [-0.25, -0.2) is 9.69 Å². The zero-order valence-electron chi connectivity index (χ0n) is 16.6. The maximum Gasteiger partial charge on any atom is 0.417 e. The quantitative estimate of drug-likeness (QED) is 0.797. The van der Waals surface area contributed by atoms with Gasteiger partial charge in [0.2, 0.25) is 5.91 Å². The molecule has 0 radical (unpaired) electrons. The SMILES string of the molecule is CC(C)[C@H](N)C(=O)N(C(=O)OC(C)(C)C)C(C)c1oc2ccccc2c1Cl. The minimum atomic E-state index is -0.858. The van der Waals surface area contributed by atoms with Gasteiger partial charge in [-0.1, -0.05) is 37.6 Å². The molecular formula is C20H27ClN2O4. The van der Waals surface area contributed by atoms with E-state index >= 15 is 0 Å². The molecule has 2 N–H and O–H groups in total. The van der Waals surface area contributed by atoms with Gasteiger partial charge in [-0.3, -0.25) is 4.79 Å². The van der Waals surface area contributed by atoms with Gasteiger partial charge in [-0.15, -0.1) is 0 Å². The van der Waals surface area contributed by atoms with E-state index in [1.165, 1.54) is 0 Å². The average Bonchev–Trinajstić information content (AvgIpc) is 2.89. The molecule has 0 spiro atoms. The van der Waals surface area contributed by atoms with Gasteiger partial charge in [-0.2, -0.15) is 0 Å². The second kappa shape index (κ2) is 7.90. The van der Waals surface area contributed by atoms with Gasteiger partial charge in [0.15, 0.2) is 0 Å². The molecule has 0 aliphatic heterocycles. The zero-order chi connectivity index (χ0) is 20.5. The number of amides is 2. The topological polar surface area (TPSA) is 85.8 Å². The monoisotopic (exact) mass is 394 g/mol. The minimum absolute atomic E-state index is 0.152. The van der Waals surface area contributed by atoms with Crippen molar-refractivity contribution in [3.8, 4) is 0 Å². The largest absolute Gasteiger partial charge is 0.457 e. The lowest BCUT2D eigenvalue weighted by molar-refractivity contribution is -0.135. The van der Waals surface area contributed by atoms with Crippen LogP contribution in [0.1, 0.15) is 53.3 Å². The van der Waals surface area contributed by atoms with Crippen LogP contribution < -0.4 is 5.73 Å². The molecule has 1 aromatic heterocycles. The molecule has 2 amide bonds. The van der Waals surface area contributed by atoms with Crippen LogP contribution in [-0.4, -0.2) is 28.5 Å². The smallest absolute Gasteiger partial charge is 0.417 e. The fraction of sp³-hybridized carbons (Fsp3) is 0.500. The summed E-state index contributed by atoms with van der Waals surface area (Å²) in [5.41, 5.74) is 5.84. The number of furan rings is 1. The maximum absolute atomic E-state index is 13.0. The van der Waals surface area contributed by atoms with E-state index in [0.29, 0.717) is 21.8 Å². The van der Waals surface area contributed by atoms with E-state index in [1.807, 2.05) is 32.0 Å². The Morgan fingerprint density at radius 2 is 1.78 bits per heavy atom. The number of hydrogen-bond donors (Lipinski definition) is 1. The maximum atomic E-state index is 13.0. The number of ether oxygens (including phenoxy) is 1. The number of nitrogens with two attached hydrogens (primary N) is 1. The number of halogens is 1. The first-order chi connectivity index (χ1) is 12.4. The summed E-state index contributed by atoms with van der Waals surface area (Å²) in [6.07, 6.45) is -0.785. The third-order valence-electron chi connectivity index (χ3n) is 4.16. The van der Waals surface area contributed by atoms with Crippen LogP contribution in [0.5, 0.6) is 0 Å². The Hall–Kier alpha value is -2.05. The minimum Gasteiger partial charge on any atom is -0.457 e. The van der Waals surface area contributed by atoms with E-state index in [2.05, 4.69) is 0 Å². The number of carbonyl (C=O) groups excluding carboxylic acids is 2. The predicted octanol–water partition coefficient (Wildman–Crippen LogP) is 4.89. The fourth-order valence-electron chi connectivity index (χ4n) is 2.61. The molecule has 0 saturated carbocycles. The second-order valence-electron chi connectivity index (χ2n) is 7.91. The molecule has 0 aliphatic rings. The molecule has 0 aliphatic carbocycles. The predicted molar refractivity (Wildman–Crippen MR) is 106 cm³/mol. The lowest BCUT2D eigenvalue weighted by atomic mass is 10.0. The van der Waals surface area contributed by atoms with Crippen molar-refractivity contribution in [1.29, 1.82) is 0 Å². The Morgan fingerprint density at radius 3 is 2.30 bits per heavy atom. The van der Waals surface area contributed by atoms with Crippen LogP contribution in [0.4, 0.5) is 4.79 Å². The van der Waals surface area contributed by atoms with Crippen molar-refractivity contribution in [2.24, 2.45) is 11.7 Å². The molecule has 2 atom stereocenters. The molecule has 0 saturated heterocycles. The summed E-state index contributed by atoms with van der Waals surface area (Å²) >= 11 is 6.47. The van der Waals surface area contributed by atoms with Crippen LogP contribution in [0, 0.1) is 5.92 Å². The molecule has 6 nitrogen and oxygen atoms in total. The molecule has 0 fully saturated rings. The lowest BCUT2D eigenvalue weighted by Gasteiger charge is -2.31. The Labute approximate surface area is 164 Å². The van der Waals surface area contributed by atoms with Gasteiger partial charge in [0, 0.05) is 5.39 Å². The summed E-state index contributed by atoms with van der Waals surface area (Å²) in [5, 5.41) is 1.07. The third-order valence-corrected chi connectivity index (χ3v) is 4.55. The highest BCUT2D eigenvalue weighted by atomic mass is 35.5. The zero-order valence-corrected chi connectivity index (χ0v) is 17.3. The summed E-state index contributed by atoms with van der Waals surface area (Å²) in [4.78, 5) is 26.8. The summed E-state index contributed by atoms with van der Waals surface area (Å²) in [6, 6.07) is 5.61. The number of nitrogens with zero attached hydrogens (tertiary/aromatic N) is 1. The van der Waals surface area contributed by atoms with Crippen LogP contribution in [-0.2, 0) is 9.53 Å². The Balaban J connectivity index is 2.48. The van der Waals surface area contributed by atoms with E-state index in [0.717, 1.165) is 4.90 Å². The summed E-state index contributed by atoms with van der Waals surface area (Å²) in [6.45, 7) is 10.5. The summed E-state index contributed by atoms with van der Waals surface area (Å²) in [7, 11) is 0. The van der Waals surface area contributed by atoms with Crippen molar-refractivity contribution in [2.75, 3.05) is 0 Å². The van der Waals surface area contributed by atoms with Crippen LogP contribution in [0.3, 0.4) is 0 Å². The van der Waals surface area contributed by atoms with E-state index in [4.69, 9.17) is 26.5 Å². The van der Waals surface area contributed by atoms with Crippen molar-refractivity contribution >= 4 is 34.6 Å². The summed E-state index contributed by atoms with van der Waals surface area (Å²) < 4.78 is 11.3. The molecule has 0 bridgehead atoms. The van der Waals surface area contributed by atoms with Gasteiger partial charge in [0.1, 0.15) is 16.9 Å². The standard InChI is InChI=1S/C20H27ClN2O4/c1-11(2)16(22)18(24)23(19(25)27-20(4,5)6)12(3)17-15(21)13-9-7-8-10-14(13)26-17/h7-12,16H,22H2,1-6H3/t12?,16-/m0/s1. The number of hydrogen-bond acceptors (Lipinski definition) is 5. The van der Waals surface area contributed by atoms with Crippen LogP contribution in [0.15, 0.2) is 28.7 Å². The van der Waals surface area contributed by atoms with E-state index in [1.54, 1.807) is 33.8 Å². The molecule has 7 heteroatoms. The first-order valence-electron chi connectivity index (χ1n) is 8.92. The molecule has 1 aromatic carbocycles. The molecule has 2 rings (SSSR count). The molecule has 148 valence electrons. The van der Waals surface area contributed by atoms with Crippen molar-refractivity contribution in [1.82, 2.24) is 4.90 Å². The van der Waals surface area contributed by atoms with Crippen molar-refractivity contribution < 1.29 is 18.7 Å². The number of carbonyl (C=O) groups is 2. The van der Waals surface area contributed by atoms with Crippen molar-refractivity contribution in [3.05, 3.63) is 35.0 Å². The Morgan fingerprint density at radius 1 is 1.19 bits per heavy atom. The van der Waals surface area contributed by atoms with Gasteiger partial charge in [0.25, 0.3) is 0 Å². The van der Waals surface area contributed by atoms with Crippen molar-refractivity contribution in [2.45, 2.75) is 59.2 Å². The number of benzene rings is 1. The van der Waals surface area contributed by atoms with Gasteiger partial charge >= 0.3 is 6.09 Å². The normalized spacial score (nSPS) is 14.3. The van der Waals surface area contributed by atoms with Crippen LogP contribution in [0.2, 0.25) is 5.02 Å². The van der Waals surface area contributed by atoms with E-state index in [9.17, 15) is 9.59 Å². The van der Waals surface area contributed by atoms with Gasteiger partial charge < -0.3 is 14.9 Å². The average molecular weight is 395 g/mol. The fourth-order valence-corrected chi connectivity index (χ4v) is 2.97. The number of para-hydroxylation sites is 1. The highest BCUT2D eigenvalue weighted by Crippen LogP contribution is 2.37. The van der Waals surface area contributed by atoms with Gasteiger partial charge in [-0.05, 0) is 45.7 Å².